The SMILES string of the molecule is O=C(c1cccc(S(=O)(=O)NCC2CCCO2)c1)N1CCCC(C(F)(F)F)C1. The predicted octanol–water partition coefficient (Wildman–Crippen LogP) is 2.56. The largest absolute Gasteiger partial charge is 0.393 e. The number of likely N-dealkylation sites (tertiary alicyclic amines) is 1. The van der Waals surface area contributed by atoms with Gasteiger partial charge in [-0.05, 0) is 43.9 Å². The first kappa shape index (κ1) is 21.1. The smallest absolute Gasteiger partial charge is 0.377 e. The Morgan fingerprint density at radius 1 is 1.25 bits per heavy atom. The van der Waals surface area contributed by atoms with E-state index in [-0.39, 0.29) is 42.5 Å². The summed E-state index contributed by atoms with van der Waals surface area (Å²) in [7, 11) is -3.85. The standard InChI is InChI=1S/C18H23F3N2O4S/c19-18(20,21)14-5-2-8-23(12-14)17(24)13-4-1-7-16(10-13)28(25,26)22-11-15-6-3-9-27-15/h1,4,7,10,14-15,22H,2-3,5-6,8-9,11-12H2. The fourth-order valence-corrected chi connectivity index (χ4v) is 4.61. The number of ether oxygens (including phenoxy) is 1. The van der Waals surface area contributed by atoms with Gasteiger partial charge in [-0.2, -0.15) is 13.2 Å². The Morgan fingerprint density at radius 3 is 2.71 bits per heavy atom. The van der Waals surface area contributed by atoms with Crippen LogP contribution in [-0.4, -0.2) is 57.7 Å². The molecule has 156 valence electrons. The summed E-state index contributed by atoms with van der Waals surface area (Å²) in [6.07, 6.45) is -2.61. The molecule has 1 amide bonds. The lowest BCUT2D eigenvalue weighted by molar-refractivity contribution is -0.184. The van der Waals surface area contributed by atoms with Gasteiger partial charge < -0.3 is 9.64 Å². The van der Waals surface area contributed by atoms with Crippen LogP contribution in [0.1, 0.15) is 36.0 Å². The van der Waals surface area contributed by atoms with Crippen LogP contribution in [0.3, 0.4) is 0 Å². The third kappa shape index (κ3) is 5.03. The van der Waals surface area contributed by atoms with E-state index in [1.54, 1.807) is 0 Å². The molecule has 2 fully saturated rings. The van der Waals surface area contributed by atoms with Gasteiger partial charge in [0.2, 0.25) is 10.0 Å². The number of nitrogens with one attached hydrogen (secondary N) is 1. The lowest BCUT2D eigenvalue weighted by Gasteiger charge is -2.33. The van der Waals surface area contributed by atoms with Gasteiger partial charge in [0.1, 0.15) is 0 Å². The number of carbonyl (C=O) groups is 1. The van der Waals surface area contributed by atoms with Crippen molar-refractivity contribution >= 4 is 15.9 Å². The van der Waals surface area contributed by atoms with Crippen LogP contribution in [0.5, 0.6) is 0 Å². The highest BCUT2D eigenvalue weighted by Crippen LogP contribution is 2.33. The van der Waals surface area contributed by atoms with Gasteiger partial charge in [-0.1, -0.05) is 6.07 Å². The van der Waals surface area contributed by atoms with E-state index in [2.05, 4.69) is 4.72 Å². The molecule has 1 N–H and O–H groups in total. The van der Waals surface area contributed by atoms with Crippen molar-refractivity contribution in [3.8, 4) is 0 Å². The topological polar surface area (TPSA) is 75.7 Å². The molecule has 2 saturated heterocycles. The first-order valence-corrected chi connectivity index (χ1v) is 10.7. The number of rotatable bonds is 5. The van der Waals surface area contributed by atoms with Gasteiger partial charge in [-0.25, -0.2) is 13.1 Å². The highest BCUT2D eigenvalue weighted by atomic mass is 32.2. The van der Waals surface area contributed by atoms with Gasteiger partial charge in [0.15, 0.2) is 0 Å². The average Bonchev–Trinajstić information content (AvgIpc) is 3.19. The van der Waals surface area contributed by atoms with Crippen LogP contribution >= 0.6 is 0 Å². The minimum atomic E-state index is -4.35. The first-order valence-electron chi connectivity index (χ1n) is 9.24. The van der Waals surface area contributed by atoms with Gasteiger partial charge in [-0.15, -0.1) is 0 Å². The number of amides is 1. The second-order valence-corrected chi connectivity index (χ2v) is 8.91. The molecule has 0 radical (unpaired) electrons. The summed E-state index contributed by atoms with van der Waals surface area (Å²) in [5, 5.41) is 0. The summed E-state index contributed by atoms with van der Waals surface area (Å²) in [5.41, 5.74) is 0.0582. The molecule has 6 nitrogen and oxygen atoms in total. The molecule has 1 aromatic rings. The van der Waals surface area contributed by atoms with Crippen LogP contribution in [0.15, 0.2) is 29.2 Å². The second-order valence-electron chi connectivity index (χ2n) is 7.15. The fraction of sp³-hybridized carbons (Fsp3) is 0.611. The number of halogens is 3. The van der Waals surface area contributed by atoms with Crippen molar-refractivity contribution in [3.05, 3.63) is 29.8 Å². The molecule has 2 atom stereocenters. The Labute approximate surface area is 162 Å². The third-order valence-corrected chi connectivity index (χ3v) is 6.51. The minimum Gasteiger partial charge on any atom is -0.377 e. The number of alkyl halides is 3. The van der Waals surface area contributed by atoms with Crippen molar-refractivity contribution in [1.82, 2.24) is 9.62 Å². The molecule has 2 unspecified atom stereocenters. The molecule has 10 heteroatoms. The Morgan fingerprint density at radius 2 is 2.04 bits per heavy atom. The van der Waals surface area contributed by atoms with Crippen molar-refractivity contribution in [2.45, 2.75) is 42.9 Å². The summed E-state index contributed by atoms with van der Waals surface area (Å²) < 4.78 is 71.7. The maximum absolute atomic E-state index is 13.0. The molecule has 3 rings (SSSR count). The summed E-state index contributed by atoms with van der Waals surface area (Å²) in [6.45, 7) is 0.557. The highest BCUT2D eigenvalue weighted by molar-refractivity contribution is 7.89. The maximum atomic E-state index is 13.0. The fourth-order valence-electron chi connectivity index (χ4n) is 3.50. The zero-order valence-corrected chi connectivity index (χ0v) is 16.1. The summed E-state index contributed by atoms with van der Waals surface area (Å²) in [4.78, 5) is 13.7. The van der Waals surface area contributed by atoms with Gasteiger partial charge in [0, 0.05) is 31.8 Å². The van der Waals surface area contributed by atoms with Crippen LogP contribution in [0.25, 0.3) is 0 Å². The van der Waals surface area contributed by atoms with Crippen molar-refractivity contribution < 1.29 is 31.1 Å². The van der Waals surface area contributed by atoms with E-state index >= 15 is 0 Å². The van der Waals surface area contributed by atoms with Crippen molar-refractivity contribution in [2.75, 3.05) is 26.2 Å². The molecule has 0 aliphatic carbocycles. The molecular formula is C18H23F3N2O4S. The molecule has 0 spiro atoms. The quantitative estimate of drug-likeness (QED) is 0.795. The lowest BCUT2D eigenvalue weighted by atomic mass is 9.97. The Hall–Kier alpha value is -1.65. The molecule has 1 aromatic carbocycles. The number of nitrogens with zero attached hydrogens (tertiary/aromatic N) is 1. The number of piperidine rings is 1. The zero-order chi connectivity index (χ0) is 20.4. The molecule has 2 aliphatic rings. The molecule has 28 heavy (non-hydrogen) atoms. The summed E-state index contributed by atoms with van der Waals surface area (Å²) >= 11 is 0. The van der Waals surface area contributed by atoms with Crippen molar-refractivity contribution in [2.24, 2.45) is 5.92 Å². The lowest BCUT2D eigenvalue weighted by Crippen LogP contribution is -2.44. The average molecular weight is 420 g/mol. The van der Waals surface area contributed by atoms with E-state index in [1.807, 2.05) is 0 Å². The van der Waals surface area contributed by atoms with Crippen LogP contribution in [0.4, 0.5) is 13.2 Å². The number of sulfonamides is 1. The van der Waals surface area contributed by atoms with Crippen LogP contribution in [0, 0.1) is 5.92 Å². The highest BCUT2D eigenvalue weighted by Gasteiger charge is 2.42. The van der Waals surface area contributed by atoms with Crippen LogP contribution in [-0.2, 0) is 14.8 Å². The number of benzene rings is 1. The monoisotopic (exact) mass is 420 g/mol. The van der Waals surface area contributed by atoms with E-state index in [1.165, 1.54) is 24.3 Å². The first-order chi connectivity index (χ1) is 13.2. The molecular weight excluding hydrogens is 397 g/mol. The molecule has 2 aliphatic heterocycles. The number of hydrogen-bond acceptors (Lipinski definition) is 4. The number of carbonyl (C=O) groups excluding carboxylic acids is 1. The van der Waals surface area contributed by atoms with Crippen molar-refractivity contribution in [1.29, 1.82) is 0 Å². The normalized spacial score (nSPS) is 23.8. The molecule has 0 saturated carbocycles. The zero-order valence-electron chi connectivity index (χ0n) is 15.2. The molecule has 2 heterocycles. The predicted molar refractivity (Wildman–Crippen MR) is 95.3 cm³/mol. The summed E-state index contributed by atoms with van der Waals surface area (Å²) in [6, 6.07) is 5.39. The van der Waals surface area contributed by atoms with Gasteiger partial charge in [0.25, 0.3) is 5.91 Å². The maximum Gasteiger partial charge on any atom is 0.393 e. The van der Waals surface area contributed by atoms with Gasteiger partial charge in [0.05, 0.1) is 16.9 Å². The van der Waals surface area contributed by atoms with E-state index in [9.17, 15) is 26.4 Å². The Kier molecular flexibility index (Phi) is 6.31. The minimum absolute atomic E-state index is 0.00510. The molecule has 0 bridgehead atoms. The summed E-state index contributed by atoms with van der Waals surface area (Å²) in [5.74, 6) is -2.14. The Balaban J connectivity index is 1.70. The van der Waals surface area contributed by atoms with E-state index < -0.39 is 34.6 Å². The van der Waals surface area contributed by atoms with E-state index in [0.717, 1.165) is 17.7 Å². The van der Waals surface area contributed by atoms with E-state index in [4.69, 9.17) is 4.74 Å². The van der Waals surface area contributed by atoms with Gasteiger partial charge in [-0.3, -0.25) is 4.79 Å². The van der Waals surface area contributed by atoms with Gasteiger partial charge >= 0.3 is 6.18 Å². The van der Waals surface area contributed by atoms with E-state index in [0.29, 0.717) is 6.61 Å². The molecule has 0 aromatic heterocycles. The van der Waals surface area contributed by atoms with Crippen LogP contribution < -0.4 is 4.72 Å². The third-order valence-electron chi connectivity index (χ3n) is 5.09. The van der Waals surface area contributed by atoms with Crippen LogP contribution in [0.2, 0.25) is 0 Å². The Bertz CT molecular complexity index is 807. The number of hydrogen-bond donors (Lipinski definition) is 1. The van der Waals surface area contributed by atoms with Crippen molar-refractivity contribution in [3.63, 3.8) is 0 Å². The second kappa shape index (κ2) is 8.38.